The smallest absolute Gasteiger partial charge is 0.260 e. The first kappa shape index (κ1) is 12.7. The van der Waals surface area contributed by atoms with E-state index in [1.165, 1.54) is 6.26 Å². The molecule has 1 amide bonds. The number of aryl methyl sites for hydroxylation is 1. The fourth-order valence-electron chi connectivity index (χ4n) is 1.55. The predicted octanol–water partition coefficient (Wildman–Crippen LogP) is 3.61. The molecular formula is C13H12BrNO3. The van der Waals surface area contributed by atoms with Crippen LogP contribution in [0.1, 0.15) is 15.9 Å². The Morgan fingerprint density at radius 3 is 2.78 bits per heavy atom. The number of hydrogen-bond acceptors (Lipinski definition) is 3. The predicted molar refractivity (Wildman–Crippen MR) is 72.1 cm³/mol. The van der Waals surface area contributed by atoms with Crippen molar-refractivity contribution in [1.29, 1.82) is 0 Å². The number of amides is 1. The molecule has 2 aromatic rings. The van der Waals surface area contributed by atoms with Gasteiger partial charge in [0.1, 0.15) is 5.75 Å². The van der Waals surface area contributed by atoms with Crippen LogP contribution in [0, 0.1) is 6.92 Å². The molecule has 0 aliphatic rings. The third-order valence-corrected chi connectivity index (χ3v) is 3.08. The van der Waals surface area contributed by atoms with E-state index in [9.17, 15) is 4.79 Å². The number of anilines is 1. The summed E-state index contributed by atoms with van der Waals surface area (Å²) in [6.45, 7) is 1.96. The summed E-state index contributed by atoms with van der Waals surface area (Å²) in [5.74, 6) is 0.376. The van der Waals surface area contributed by atoms with Gasteiger partial charge in [-0.1, -0.05) is 6.07 Å². The van der Waals surface area contributed by atoms with Crippen LogP contribution in [-0.4, -0.2) is 13.0 Å². The van der Waals surface area contributed by atoms with Gasteiger partial charge in [-0.05, 0) is 46.6 Å². The van der Waals surface area contributed by atoms with Crippen molar-refractivity contribution in [2.75, 3.05) is 12.4 Å². The van der Waals surface area contributed by atoms with Crippen LogP contribution in [0.4, 0.5) is 5.69 Å². The fourth-order valence-corrected chi connectivity index (χ4v) is 1.97. The highest BCUT2D eigenvalue weighted by Crippen LogP contribution is 2.27. The second-order valence-corrected chi connectivity index (χ2v) is 4.49. The van der Waals surface area contributed by atoms with Gasteiger partial charge >= 0.3 is 0 Å². The molecule has 0 spiro atoms. The molecule has 1 aromatic carbocycles. The summed E-state index contributed by atoms with van der Waals surface area (Å²) in [5.41, 5.74) is 2.13. The fraction of sp³-hybridized carbons (Fsp3) is 0.154. The Balaban J connectivity index is 2.24. The number of methoxy groups -OCH3 is 1. The van der Waals surface area contributed by atoms with Gasteiger partial charge in [0, 0.05) is 0 Å². The van der Waals surface area contributed by atoms with E-state index in [1.54, 1.807) is 19.2 Å². The summed E-state index contributed by atoms with van der Waals surface area (Å²) in [6, 6.07) is 7.17. The van der Waals surface area contributed by atoms with Gasteiger partial charge in [0.05, 0.1) is 24.6 Å². The second-order valence-electron chi connectivity index (χ2n) is 3.77. The molecule has 0 fully saturated rings. The van der Waals surface area contributed by atoms with Gasteiger partial charge in [0.15, 0.2) is 4.67 Å². The molecule has 18 heavy (non-hydrogen) atoms. The van der Waals surface area contributed by atoms with Gasteiger partial charge in [0.2, 0.25) is 0 Å². The second kappa shape index (κ2) is 5.27. The van der Waals surface area contributed by atoms with Crippen molar-refractivity contribution in [1.82, 2.24) is 0 Å². The first-order valence-electron chi connectivity index (χ1n) is 5.31. The molecule has 5 heteroatoms. The Kier molecular flexibility index (Phi) is 3.72. The molecule has 94 valence electrons. The lowest BCUT2D eigenvalue weighted by Gasteiger charge is -2.10. The highest BCUT2D eigenvalue weighted by Gasteiger charge is 2.14. The van der Waals surface area contributed by atoms with Crippen molar-refractivity contribution in [3.8, 4) is 5.75 Å². The molecular weight excluding hydrogens is 298 g/mol. The molecule has 1 aromatic heterocycles. The van der Waals surface area contributed by atoms with Crippen LogP contribution in [0.5, 0.6) is 5.75 Å². The first-order valence-corrected chi connectivity index (χ1v) is 6.10. The molecule has 0 saturated carbocycles. The topological polar surface area (TPSA) is 51.5 Å². The van der Waals surface area contributed by atoms with Crippen LogP contribution >= 0.6 is 15.9 Å². The summed E-state index contributed by atoms with van der Waals surface area (Å²) < 4.78 is 10.7. The van der Waals surface area contributed by atoms with Crippen molar-refractivity contribution in [2.24, 2.45) is 0 Å². The van der Waals surface area contributed by atoms with Crippen molar-refractivity contribution in [3.63, 3.8) is 0 Å². The zero-order valence-corrected chi connectivity index (χ0v) is 11.6. The van der Waals surface area contributed by atoms with Gasteiger partial charge in [0.25, 0.3) is 5.91 Å². The van der Waals surface area contributed by atoms with Gasteiger partial charge in [-0.15, -0.1) is 0 Å². The number of nitrogens with one attached hydrogen (secondary N) is 1. The lowest BCUT2D eigenvalue weighted by Crippen LogP contribution is -2.12. The summed E-state index contributed by atoms with van der Waals surface area (Å²) in [7, 11) is 1.57. The zero-order chi connectivity index (χ0) is 13.1. The largest absolute Gasteiger partial charge is 0.495 e. The summed E-state index contributed by atoms with van der Waals surface area (Å²) >= 11 is 3.17. The Hall–Kier alpha value is -1.75. The van der Waals surface area contributed by atoms with E-state index in [4.69, 9.17) is 9.15 Å². The lowest BCUT2D eigenvalue weighted by atomic mass is 10.2. The standard InChI is InChI=1S/C13H12BrNO3/c1-8-3-4-10(11(7-8)17-2)15-13(16)9-5-6-18-12(9)14/h3-7H,1-2H3,(H,15,16). The highest BCUT2D eigenvalue weighted by molar-refractivity contribution is 9.10. The quantitative estimate of drug-likeness (QED) is 0.942. The third kappa shape index (κ3) is 2.56. The molecule has 0 unspecified atom stereocenters. The maximum Gasteiger partial charge on any atom is 0.260 e. The number of halogens is 1. The van der Waals surface area contributed by atoms with E-state index in [2.05, 4.69) is 21.2 Å². The molecule has 2 rings (SSSR count). The Morgan fingerprint density at radius 1 is 1.39 bits per heavy atom. The van der Waals surface area contributed by atoms with Crippen molar-refractivity contribution in [3.05, 3.63) is 46.3 Å². The number of hydrogen-bond donors (Lipinski definition) is 1. The van der Waals surface area contributed by atoms with E-state index in [-0.39, 0.29) is 5.91 Å². The summed E-state index contributed by atoms with van der Waals surface area (Å²) in [4.78, 5) is 12.0. The molecule has 0 aliphatic heterocycles. The molecule has 0 saturated heterocycles. The molecule has 1 heterocycles. The molecule has 0 bridgehead atoms. The number of furan rings is 1. The van der Waals surface area contributed by atoms with Crippen molar-refractivity contribution in [2.45, 2.75) is 6.92 Å². The van der Waals surface area contributed by atoms with Gasteiger partial charge < -0.3 is 14.5 Å². The van der Waals surface area contributed by atoms with E-state index >= 15 is 0 Å². The maximum absolute atomic E-state index is 12.0. The van der Waals surface area contributed by atoms with Gasteiger partial charge in [-0.2, -0.15) is 0 Å². The molecule has 0 radical (unpaired) electrons. The number of carbonyl (C=O) groups is 1. The summed E-state index contributed by atoms with van der Waals surface area (Å²) in [6.07, 6.45) is 1.45. The van der Waals surface area contributed by atoms with E-state index < -0.39 is 0 Å². The number of carbonyl (C=O) groups excluding carboxylic acids is 1. The minimum atomic E-state index is -0.252. The molecule has 0 atom stereocenters. The third-order valence-electron chi connectivity index (χ3n) is 2.47. The number of rotatable bonds is 3. The van der Waals surface area contributed by atoms with Crippen LogP contribution < -0.4 is 10.1 Å². The van der Waals surface area contributed by atoms with Crippen molar-refractivity contribution >= 4 is 27.5 Å². The number of benzene rings is 1. The van der Waals surface area contributed by atoms with Gasteiger partial charge in [-0.25, -0.2) is 0 Å². The van der Waals surface area contributed by atoms with E-state index in [1.807, 2.05) is 19.1 Å². The van der Waals surface area contributed by atoms with Crippen molar-refractivity contribution < 1.29 is 13.9 Å². The Bertz CT molecular complexity index is 577. The van der Waals surface area contributed by atoms with Gasteiger partial charge in [-0.3, -0.25) is 4.79 Å². The highest BCUT2D eigenvalue weighted by atomic mass is 79.9. The summed E-state index contributed by atoms with van der Waals surface area (Å²) in [5, 5.41) is 2.78. The molecule has 0 aliphatic carbocycles. The minimum absolute atomic E-state index is 0.252. The maximum atomic E-state index is 12.0. The SMILES string of the molecule is COc1cc(C)ccc1NC(=O)c1ccoc1Br. The van der Waals surface area contributed by atoms with E-state index in [0.717, 1.165) is 5.56 Å². The van der Waals surface area contributed by atoms with Crippen LogP contribution in [0.3, 0.4) is 0 Å². The van der Waals surface area contributed by atoms with Crippen LogP contribution in [0.25, 0.3) is 0 Å². The number of ether oxygens (including phenoxy) is 1. The van der Waals surface area contributed by atoms with E-state index in [0.29, 0.717) is 21.7 Å². The van der Waals surface area contributed by atoms with Crippen LogP contribution in [-0.2, 0) is 0 Å². The first-order chi connectivity index (χ1) is 8.61. The van der Waals surface area contributed by atoms with Crippen LogP contribution in [0.15, 0.2) is 39.6 Å². The molecule has 1 N–H and O–H groups in total. The Labute approximate surface area is 113 Å². The Morgan fingerprint density at radius 2 is 2.17 bits per heavy atom. The van der Waals surface area contributed by atoms with Crippen LogP contribution in [0.2, 0.25) is 0 Å². The normalized spacial score (nSPS) is 10.2. The average molecular weight is 310 g/mol. The zero-order valence-electron chi connectivity index (χ0n) is 9.99. The minimum Gasteiger partial charge on any atom is -0.495 e. The lowest BCUT2D eigenvalue weighted by molar-refractivity contribution is 0.102. The average Bonchev–Trinajstić information content (AvgIpc) is 2.77. The molecule has 4 nitrogen and oxygen atoms in total. The monoisotopic (exact) mass is 309 g/mol.